The van der Waals surface area contributed by atoms with Crippen LogP contribution in [0.2, 0.25) is 0 Å². The number of thiazole rings is 1. The van der Waals surface area contributed by atoms with Crippen LogP contribution in [0.1, 0.15) is 11.3 Å². The number of rotatable bonds is 5. The average Bonchev–Trinajstić information content (AvgIpc) is 3.02. The molecule has 0 fully saturated rings. The second-order valence-electron chi connectivity index (χ2n) is 4.09. The zero-order valence-electron chi connectivity index (χ0n) is 10.5. The van der Waals surface area contributed by atoms with Crippen LogP contribution in [0.3, 0.4) is 0 Å². The normalized spacial score (nSPS) is 11.0. The van der Waals surface area contributed by atoms with E-state index in [0.29, 0.717) is 12.4 Å². The zero-order chi connectivity index (χ0) is 13.1. The van der Waals surface area contributed by atoms with Crippen molar-refractivity contribution in [3.8, 4) is 5.88 Å². The topological polar surface area (TPSA) is 51.5 Å². The van der Waals surface area contributed by atoms with Gasteiger partial charge in [0.1, 0.15) is 5.69 Å². The quantitative estimate of drug-likeness (QED) is 0.774. The molecule has 0 amide bonds. The van der Waals surface area contributed by atoms with Crippen LogP contribution in [0, 0.1) is 0 Å². The highest BCUT2D eigenvalue weighted by Crippen LogP contribution is 2.22. The van der Waals surface area contributed by atoms with Crippen molar-refractivity contribution in [3.63, 3.8) is 0 Å². The van der Waals surface area contributed by atoms with Gasteiger partial charge in [0.25, 0.3) is 0 Å². The summed E-state index contributed by atoms with van der Waals surface area (Å²) >= 11 is 1.60. The molecule has 1 N–H and O–H groups in total. The first kappa shape index (κ1) is 12.1. The van der Waals surface area contributed by atoms with Gasteiger partial charge in [0, 0.05) is 37.1 Å². The number of hydrogen-bond donors (Lipinski definition) is 1. The van der Waals surface area contributed by atoms with Crippen LogP contribution in [-0.4, -0.2) is 21.5 Å². The maximum atomic E-state index is 5.31. The Bertz CT molecular complexity index is 662. The van der Waals surface area contributed by atoms with Gasteiger partial charge in [-0.25, -0.2) is 0 Å². The molecule has 0 spiro atoms. The summed E-state index contributed by atoms with van der Waals surface area (Å²) in [4.78, 5) is 9.47. The Morgan fingerprint density at radius 1 is 1.42 bits per heavy atom. The molecule has 0 saturated carbocycles. The molecule has 0 aliphatic carbocycles. The fourth-order valence-electron chi connectivity index (χ4n) is 1.96. The molecule has 0 aliphatic heterocycles. The number of nitrogens with zero attached hydrogens (tertiary/aromatic N) is 3. The van der Waals surface area contributed by atoms with Gasteiger partial charge in [-0.15, -0.1) is 11.3 Å². The largest absolute Gasteiger partial charge is 0.480 e. The molecule has 3 heterocycles. The second-order valence-corrected chi connectivity index (χ2v) is 4.96. The first-order valence-electron chi connectivity index (χ1n) is 5.96. The van der Waals surface area contributed by atoms with Gasteiger partial charge in [-0.05, 0) is 11.6 Å². The van der Waals surface area contributed by atoms with Crippen LogP contribution < -0.4 is 10.1 Å². The molecule has 0 saturated heterocycles. The van der Waals surface area contributed by atoms with Crippen molar-refractivity contribution < 1.29 is 4.74 Å². The molecule has 0 unspecified atom stereocenters. The monoisotopic (exact) mass is 274 g/mol. The predicted octanol–water partition coefficient (Wildman–Crippen LogP) is 2.09. The fraction of sp³-hybridized carbons (Fsp3) is 0.231. The number of hydrogen-bond acceptors (Lipinski definition) is 5. The molecule has 0 aliphatic rings. The van der Waals surface area contributed by atoms with Gasteiger partial charge >= 0.3 is 0 Å². The summed E-state index contributed by atoms with van der Waals surface area (Å²) in [7, 11) is 1.65. The van der Waals surface area contributed by atoms with Crippen LogP contribution in [0.5, 0.6) is 5.88 Å². The van der Waals surface area contributed by atoms with Crippen LogP contribution in [0.15, 0.2) is 36.1 Å². The summed E-state index contributed by atoms with van der Waals surface area (Å²) in [6, 6.07) is 3.99. The maximum absolute atomic E-state index is 5.31. The first-order chi connectivity index (χ1) is 9.38. The highest BCUT2D eigenvalue weighted by atomic mass is 32.1. The van der Waals surface area contributed by atoms with Gasteiger partial charge in [-0.3, -0.25) is 9.38 Å². The van der Waals surface area contributed by atoms with E-state index in [1.807, 2.05) is 29.9 Å². The molecule has 98 valence electrons. The number of imidazole rings is 1. The number of methoxy groups -OCH3 is 1. The zero-order valence-corrected chi connectivity index (χ0v) is 11.4. The van der Waals surface area contributed by atoms with Gasteiger partial charge in [0.05, 0.1) is 7.11 Å². The molecule has 3 aromatic heterocycles. The number of pyridine rings is 1. The summed E-state index contributed by atoms with van der Waals surface area (Å²) in [6.45, 7) is 1.48. The molecule has 5 nitrogen and oxygen atoms in total. The lowest BCUT2D eigenvalue weighted by Gasteiger charge is -2.05. The number of nitrogens with one attached hydrogen (secondary N) is 1. The molecular weight excluding hydrogens is 260 g/mol. The Balaban J connectivity index is 1.72. The highest BCUT2D eigenvalue weighted by Gasteiger charge is 2.12. The number of ether oxygens (including phenoxy) is 1. The lowest BCUT2D eigenvalue weighted by molar-refractivity contribution is 0.393. The van der Waals surface area contributed by atoms with E-state index >= 15 is 0 Å². The first-order valence-corrected chi connectivity index (χ1v) is 6.84. The summed E-state index contributed by atoms with van der Waals surface area (Å²) in [6.07, 6.45) is 5.65. The number of aromatic nitrogens is 3. The van der Waals surface area contributed by atoms with Gasteiger partial charge < -0.3 is 10.1 Å². The Kier molecular flexibility index (Phi) is 3.43. The third-order valence-electron chi connectivity index (χ3n) is 2.86. The van der Waals surface area contributed by atoms with Crippen molar-refractivity contribution in [2.45, 2.75) is 13.1 Å². The molecular formula is C13H14N4OS. The lowest BCUT2D eigenvalue weighted by atomic mass is 10.3. The average molecular weight is 274 g/mol. The molecule has 0 aromatic carbocycles. The van der Waals surface area contributed by atoms with E-state index in [1.165, 1.54) is 0 Å². The lowest BCUT2D eigenvalue weighted by Crippen LogP contribution is -2.14. The minimum atomic E-state index is 0.686. The summed E-state index contributed by atoms with van der Waals surface area (Å²) < 4.78 is 7.37. The fourth-order valence-corrected chi connectivity index (χ4v) is 2.69. The minimum Gasteiger partial charge on any atom is -0.480 e. The van der Waals surface area contributed by atoms with E-state index < -0.39 is 0 Å². The minimum absolute atomic E-state index is 0.686. The van der Waals surface area contributed by atoms with E-state index in [1.54, 1.807) is 24.6 Å². The third kappa shape index (κ3) is 2.45. The Hall–Kier alpha value is -1.92. The summed E-state index contributed by atoms with van der Waals surface area (Å²) in [5, 5.41) is 5.40. The van der Waals surface area contributed by atoms with Crippen molar-refractivity contribution >= 4 is 16.3 Å². The molecule has 3 aromatic rings. The molecule has 0 radical (unpaired) electrons. The molecule has 19 heavy (non-hydrogen) atoms. The van der Waals surface area contributed by atoms with Crippen molar-refractivity contribution in [2.24, 2.45) is 0 Å². The summed E-state index contributed by atoms with van der Waals surface area (Å²) in [5.41, 5.74) is 2.20. The van der Waals surface area contributed by atoms with Gasteiger partial charge in [-0.2, -0.15) is 4.98 Å². The molecule has 0 bridgehead atoms. The van der Waals surface area contributed by atoms with Crippen LogP contribution in [0.25, 0.3) is 4.96 Å². The van der Waals surface area contributed by atoms with Crippen LogP contribution in [-0.2, 0) is 13.1 Å². The highest BCUT2D eigenvalue weighted by molar-refractivity contribution is 7.15. The van der Waals surface area contributed by atoms with E-state index in [-0.39, 0.29) is 0 Å². The molecule has 3 rings (SSSR count). The molecule has 6 heteroatoms. The SMILES string of the molecule is COc1nc2sccn2c1CNCc1cccnc1. The van der Waals surface area contributed by atoms with E-state index in [2.05, 4.69) is 19.7 Å². The van der Waals surface area contributed by atoms with Gasteiger partial charge in [0.2, 0.25) is 5.88 Å². The van der Waals surface area contributed by atoms with Crippen molar-refractivity contribution in [1.82, 2.24) is 19.7 Å². The summed E-state index contributed by atoms with van der Waals surface area (Å²) in [5.74, 6) is 0.686. The van der Waals surface area contributed by atoms with Gasteiger partial charge in [-0.1, -0.05) is 6.07 Å². The van der Waals surface area contributed by atoms with Crippen LogP contribution in [0.4, 0.5) is 0 Å². The Morgan fingerprint density at radius 2 is 2.37 bits per heavy atom. The second kappa shape index (κ2) is 5.38. The molecule has 0 atom stereocenters. The number of fused-ring (bicyclic) bond motifs is 1. The third-order valence-corrected chi connectivity index (χ3v) is 3.62. The predicted molar refractivity (Wildman–Crippen MR) is 74.4 cm³/mol. The Labute approximate surface area is 114 Å². The van der Waals surface area contributed by atoms with Crippen molar-refractivity contribution in [2.75, 3.05) is 7.11 Å². The van der Waals surface area contributed by atoms with Gasteiger partial charge in [0.15, 0.2) is 4.96 Å². The van der Waals surface area contributed by atoms with E-state index in [4.69, 9.17) is 4.74 Å². The van der Waals surface area contributed by atoms with Crippen molar-refractivity contribution in [3.05, 3.63) is 47.4 Å². The Morgan fingerprint density at radius 3 is 3.16 bits per heavy atom. The standard InChI is InChI=1S/C13H14N4OS/c1-18-12-11(17-5-6-19-13(17)16-12)9-15-8-10-3-2-4-14-7-10/h2-7,15H,8-9H2,1H3. The van der Waals surface area contributed by atoms with E-state index in [0.717, 1.165) is 22.8 Å². The maximum Gasteiger partial charge on any atom is 0.237 e. The van der Waals surface area contributed by atoms with Crippen LogP contribution >= 0.6 is 11.3 Å². The van der Waals surface area contributed by atoms with E-state index in [9.17, 15) is 0 Å². The smallest absolute Gasteiger partial charge is 0.237 e. The van der Waals surface area contributed by atoms with Crippen molar-refractivity contribution in [1.29, 1.82) is 0 Å².